The van der Waals surface area contributed by atoms with E-state index in [9.17, 15) is 0 Å². The second-order valence-electron chi connectivity index (χ2n) is 1.88. The average molecular weight is 155 g/mol. The first-order chi connectivity index (χ1) is 4.79. The van der Waals surface area contributed by atoms with E-state index in [4.69, 9.17) is 10.8 Å². The molecule has 2 heterocycles. The maximum atomic E-state index is 8.98. The zero-order valence-electron chi connectivity index (χ0n) is 4.98. The lowest BCUT2D eigenvalue weighted by molar-refractivity contribution is 0.460. The number of thiazole rings is 1. The van der Waals surface area contributed by atoms with E-state index in [0.717, 1.165) is 4.96 Å². The van der Waals surface area contributed by atoms with Gasteiger partial charge in [-0.3, -0.25) is 4.40 Å². The van der Waals surface area contributed by atoms with Crippen molar-refractivity contribution in [3.63, 3.8) is 0 Å². The van der Waals surface area contributed by atoms with Gasteiger partial charge in [0.25, 0.3) is 5.88 Å². The molecule has 0 unspecified atom stereocenters. The highest BCUT2D eigenvalue weighted by Gasteiger charge is 2.06. The fourth-order valence-electron chi connectivity index (χ4n) is 0.792. The van der Waals surface area contributed by atoms with Crippen molar-refractivity contribution in [2.45, 2.75) is 0 Å². The number of anilines is 1. The average Bonchev–Trinajstić information content (AvgIpc) is 2.41. The van der Waals surface area contributed by atoms with Gasteiger partial charge in [0.05, 0.1) is 0 Å². The maximum absolute atomic E-state index is 8.98. The minimum atomic E-state index is -0.0909. The Labute approximate surface area is 60.5 Å². The molecule has 0 radical (unpaired) electrons. The van der Waals surface area contributed by atoms with Crippen LogP contribution in [0.5, 0.6) is 5.88 Å². The van der Waals surface area contributed by atoms with Crippen LogP contribution in [0.4, 0.5) is 5.82 Å². The molecule has 2 rings (SSSR count). The zero-order chi connectivity index (χ0) is 7.14. The van der Waals surface area contributed by atoms with Gasteiger partial charge < -0.3 is 10.8 Å². The predicted octanol–water partition coefficient (Wildman–Crippen LogP) is 0.684. The summed E-state index contributed by atoms with van der Waals surface area (Å²) in [6.45, 7) is 0. The molecule has 2 aromatic heterocycles. The van der Waals surface area contributed by atoms with E-state index in [0.29, 0.717) is 5.82 Å². The van der Waals surface area contributed by atoms with Crippen molar-refractivity contribution < 1.29 is 5.11 Å². The minimum absolute atomic E-state index is 0.0909. The van der Waals surface area contributed by atoms with Gasteiger partial charge >= 0.3 is 0 Å². The summed E-state index contributed by atoms with van der Waals surface area (Å²) in [6.07, 6.45) is 1.77. The molecule has 2 aromatic rings. The molecule has 10 heavy (non-hydrogen) atoms. The molecule has 0 aliphatic rings. The summed E-state index contributed by atoms with van der Waals surface area (Å²) in [6, 6.07) is 0. The van der Waals surface area contributed by atoms with Crippen LogP contribution in [0.3, 0.4) is 0 Å². The largest absolute Gasteiger partial charge is 0.491 e. The van der Waals surface area contributed by atoms with Crippen LogP contribution in [0, 0.1) is 0 Å². The number of nitrogen functional groups attached to an aromatic ring is 1. The molecule has 0 bridgehead atoms. The van der Waals surface area contributed by atoms with E-state index in [1.807, 2.05) is 5.38 Å². The number of hydrogen-bond donors (Lipinski definition) is 2. The molecule has 0 spiro atoms. The topological polar surface area (TPSA) is 63.5 Å². The van der Waals surface area contributed by atoms with Crippen LogP contribution in [0.15, 0.2) is 11.6 Å². The summed E-state index contributed by atoms with van der Waals surface area (Å²) in [7, 11) is 0. The van der Waals surface area contributed by atoms with Gasteiger partial charge in [-0.25, -0.2) is 0 Å². The summed E-state index contributed by atoms with van der Waals surface area (Å²) in [5, 5.41) is 10.8. The summed E-state index contributed by atoms with van der Waals surface area (Å²) < 4.78 is 1.64. The Bertz CT molecular complexity index is 364. The lowest BCUT2D eigenvalue weighted by atomic mass is 10.7. The molecule has 3 N–H and O–H groups in total. The fraction of sp³-hybridized carbons (Fsp3) is 0. The van der Waals surface area contributed by atoms with E-state index in [1.165, 1.54) is 11.3 Å². The number of fused-ring (bicyclic) bond motifs is 1. The van der Waals surface area contributed by atoms with Gasteiger partial charge in [-0.2, -0.15) is 4.98 Å². The molecule has 52 valence electrons. The molecule has 0 aliphatic carbocycles. The van der Waals surface area contributed by atoms with E-state index < -0.39 is 0 Å². The summed E-state index contributed by atoms with van der Waals surface area (Å²) in [5.41, 5.74) is 5.44. The molecule has 0 aromatic carbocycles. The molecule has 0 amide bonds. The lowest BCUT2D eigenvalue weighted by Gasteiger charge is -1.85. The Hall–Kier alpha value is -1.23. The van der Waals surface area contributed by atoms with Crippen molar-refractivity contribution >= 4 is 22.1 Å². The van der Waals surface area contributed by atoms with Gasteiger partial charge in [-0.15, -0.1) is 11.3 Å². The van der Waals surface area contributed by atoms with Crippen LogP contribution in [-0.4, -0.2) is 14.5 Å². The number of nitrogens with two attached hydrogens (primary N) is 1. The molecule has 0 atom stereocenters. The van der Waals surface area contributed by atoms with Crippen molar-refractivity contribution in [2.24, 2.45) is 0 Å². The number of aromatic nitrogens is 2. The van der Waals surface area contributed by atoms with Gasteiger partial charge in [-0.1, -0.05) is 0 Å². The Morgan fingerprint density at radius 3 is 3.20 bits per heavy atom. The Morgan fingerprint density at radius 2 is 2.50 bits per heavy atom. The number of nitrogens with zero attached hydrogens (tertiary/aromatic N) is 2. The summed E-state index contributed by atoms with van der Waals surface area (Å²) >= 11 is 1.43. The second-order valence-corrected chi connectivity index (χ2v) is 2.75. The maximum Gasteiger partial charge on any atom is 0.256 e. The van der Waals surface area contributed by atoms with Crippen LogP contribution in [0.25, 0.3) is 4.96 Å². The fourth-order valence-corrected chi connectivity index (χ4v) is 1.51. The monoisotopic (exact) mass is 155 g/mol. The van der Waals surface area contributed by atoms with Crippen molar-refractivity contribution in [1.29, 1.82) is 0 Å². The molecule has 0 saturated heterocycles. The van der Waals surface area contributed by atoms with Gasteiger partial charge in [-0.05, 0) is 0 Å². The van der Waals surface area contributed by atoms with E-state index in [-0.39, 0.29) is 5.88 Å². The third-order valence-electron chi connectivity index (χ3n) is 1.28. The highest BCUT2D eigenvalue weighted by Crippen LogP contribution is 2.23. The van der Waals surface area contributed by atoms with Crippen molar-refractivity contribution in [3.8, 4) is 5.88 Å². The van der Waals surface area contributed by atoms with E-state index in [1.54, 1.807) is 10.6 Å². The third-order valence-corrected chi connectivity index (χ3v) is 2.04. The number of aromatic hydroxyl groups is 1. The van der Waals surface area contributed by atoms with E-state index >= 15 is 0 Å². The van der Waals surface area contributed by atoms with Gasteiger partial charge in [0.1, 0.15) is 0 Å². The highest BCUT2D eigenvalue weighted by molar-refractivity contribution is 7.15. The van der Waals surface area contributed by atoms with Crippen molar-refractivity contribution in [2.75, 3.05) is 5.73 Å². The minimum Gasteiger partial charge on any atom is -0.491 e. The quantitative estimate of drug-likeness (QED) is 0.588. The molecule has 0 fully saturated rings. The predicted molar refractivity (Wildman–Crippen MR) is 39.1 cm³/mol. The standard InChI is InChI=1S/C5H5N3OS/c6-3-4(9)7-5-8(3)1-2-10-5/h1-2,9H,6H2. The van der Waals surface area contributed by atoms with Crippen LogP contribution in [0.1, 0.15) is 0 Å². The van der Waals surface area contributed by atoms with Crippen molar-refractivity contribution in [3.05, 3.63) is 11.6 Å². The third kappa shape index (κ3) is 0.522. The van der Waals surface area contributed by atoms with Gasteiger partial charge in [0, 0.05) is 11.6 Å². The van der Waals surface area contributed by atoms with Gasteiger partial charge in [0.2, 0.25) is 0 Å². The van der Waals surface area contributed by atoms with E-state index in [2.05, 4.69) is 4.98 Å². The molecule has 5 heteroatoms. The van der Waals surface area contributed by atoms with Crippen LogP contribution < -0.4 is 5.73 Å². The molecule has 0 aliphatic heterocycles. The zero-order valence-corrected chi connectivity index (χ0v) is 5.80. The van der Waals surface area contributed by atoms with Crippen LogP contribution in [0.2, 0.25) is 0 Å². The van der Waals surface area contributed by atoms with Crippen molar-refractivity contribution in [1.82, 2.24) is 9.38 Å². The summed E-state index contributed by atoms with van der Waals surface area (Å²) in [5.74, 6) is 0.211. The Kier molecular flexibility index (Phi) is 0.906. The van der Waals surface area contributed by atoms with Crippen LogP contribution >= 0.6 is 11.3 Å². The highest BCUT2D eigenvalue weighted by atomic mass is 32.1. The lowest BCUT2D eigenvalue weighted by Crippen LogP contribution is -1.88. The Balaban J connectivity index is 2.95. The second kappa shape index (κ2) is 1.63. The first-order valence-corrected chi connectivity index (χ1v) is 3.57. The smallest absolute Gasteiger partial charge is 0.256 e. The summed E-state index contributed by atoms with van der Waals surface area (Å²) in [4.78, 5) is 4.50. The van der Waals surface area contributed by atoms with Crippen LogP contribution in [-0.2, 0) is 0 Å². The first-order valence-electron chi connectivity index (χ1n) is 2.69. The van der Waals surface area contributed by atoms with Gasteiger partial charge in [0.15, 0.2) is 10.8 Å². The molecule has 0 saturated carbocycles. The molecular formula is C5H5N3OS. The molecular weight excluding hydrogens is 150 g/mol. The Morgan fingerprint density at radius 1 is 1.70 bits per heavy atom. The number of imidazole rings is 1. The molecule has 4 nitrogen and oxygen atoms in total. The SMILES string of the molecule is Nc1c(O)nc2sccn12. The number of rotatable bonds is 0. The normalized spacial score (nSPS) is 10.8. The number of hydrogen-bond acceptors (Lipinski definition) is 4. The first kappa shape index (κ1) is 5.55.